The molecular weight excluding hydrogens is 318 g/mol. The van der Waals surface area contributed by atoms with E-state index in [2.05, 4.69) is 0 Å². The zero-order chi connectivity index (χ0) is 17.5. The zero-order valence-corrected chi connectivity index (χ0v) is 13.0. The number of nitrogens with zero attached hydrogens (tertiary/aromatic N) is 1. The molecule has 0 aliphatic carbocycles. The van der Waals surface area contributed by atoms with Gasteiger partial charge in [-0.15, -0.1) is 0 Å². The maximum atomic E-state index is 13.0. The molecule has 3 nitrogen and oxygen atoms in total. The lowest BCUT2D eigenvalue weighted by Crippen LogP contribution is -2.36. The fourth-order valence-corrected chi connectivity index (χ4v) is 2.93. The molecule has 7 heteroatoms. The van der Waals surface area contributed by atoms with E-state index in [1.165, 1.54) is 17.0 Å². The molecule has 1 heterocycles. The Morgan fingerprint density at radius 3 is 2.62 bits per heavy atom. The fourth-order valence-electron chi connectivity index (χ4n) is 2.93. The van der Waals surface area contributed by atoms with Crippen molar-refractivity contribution >= 4 is 24.9 Å². The largest absolute Gasteiger partial charge is 0.507 e. The summed E-state index contributed by atoms with van der Waals surface area (Å²) < 4.78 is 38.9. The van der Waals surface area contributed by atoms with Crippen molar-refractivity contribution < 1.29 is 23.1 Å². The van der Waals surface area contributed by atoms with Crippen LogP contribution in [0.2, 0.25) is 0 Å². The van der Waals surface area contributed by atoms with E-state index in [1.807, 2.05) is 0 Å². The molecule has 0 atom stereocenters. The second-order valence-electron chi connectivity index (χ2n) is 5.92. The van der Waals surface area contributed by atoms with Crippen LogP contribution >= 0.6 is 0 Å². The number of carbonyl (C=O) groups excluding carboxylic acids is 1. The van der Waals surface area contributed by atoms with Gasteiger partial charge in [0, 0.05) is 12.2 Å². The number of phenols is 1. The molecule has 3 rings (SSSR count). The highest BCUT2D eigenvalue weighted by Crippen LogP contribution is 2.36. The van der Waals surface area contributed by atoms with Crippen LogP contribution in [0.25, 0.3) is 0 Å². The zero-order valence-electron chi connectivity index (χ0n) is 13.0. The predicted octanol–water partition coefficient (Wildman–Crippen LogP) is 2.26. The molecule has 1 N–H and O–H groups in total. The third-order valence-electron chi connectivity index (χ3n) is 4.16. The highest BCUT2D eigenvalue weighted by atomic mass is 19.4. The molecule has 124 valence electrons. The van der Waals surface area contributed by atoms with Gasteiger partial charge in [-0.2, -0.15) is 13.2 Å². The van der Waals surface area contributed by atoms with E-state index in [1.54, 1.807) is 20.0 Å². The van der Waals surface area contributed by atoms with Crippen LogP contribution in [0.3, 0.4) is 0 Å². The minimum absolute atomic E-state index is 0.0975. The Labute approximate surface area is 138 Å². The summed E-state index contributed by atoms with van der Waals surface area (Å²) in [5.74, 6) is -0.666. The van der Waals surface area contributed by atoms with Gasteiger partial charge >= 0.3 is 6.18 Å². The van der Waals surface area contributed by atoms with Gasteiger partial charge in [0.2, 0.25) is 0 Å². The van der Waals surface area contributed by atoms with E-state index in [0.29, 0.717) is 24.9 Å². The van der Waals surface area contributed by atoms with E-state index in [0.717, 1.165) is 17.6 Å². The summed E-state index contributed by atoms with van der Waals surface area (Å²) in [5, 5.41) is 9.94. The minimum Gasteiger partial charge on any atom is -0.507 e. The third kappa shape index (κ3) is 2.98. The molecule has 1 aliphatic rings. The molecule has 2 aromatic carbocycles. The van der Waals surface area contributed by atoms with E-state index in [9.17, 15) is 23.1 Å². The summed E-state index contributed by atoms with van der Waals surface area (Å²) in [6.45, 7) is 0.320. The molecule has 1 aliphatic heterocycles. The molecule has 0 aromatic heterocycles. The van der Waals surface area contributed by atoms with Gasteiger partial charge in [-0.3, -0.25) is 4.79 Å². The van der Waals surface area contributed by atoms with Gasteiger partial charge in [0.25, 0.3) is 5.91 Å². The van der Waals surface area contributed by atoms with Crippen molar-refractivity contribution in [1.82, 2.24) is 0 Å². The van der Waals surface area contributed by atoms with Crippen LogP contribution in [0.15, 0.2) is 36.4 Å². The van der Waals surface area contributed by atoms with Crippen molar-refractivity contribution in [3.8, 4) is 5.75 Å². The van der Waals surface area contributed by atoms with Gasteiger partial charge < -0.3 is 10.0 Å². The van der Waals surface area contributed by atoms with Gasteiger partial charge in [0.1, 0.15) is 13.6 Å². The standard InChI is InChI=1S/C17H15BF3NO2/c18-12-5-6-15(23)13(9-12)16(24)22-7-1-2-10-3-4-11(8-14(10)22)17(19,20)21/h3-6,8-9,23H,1-2,7,18H2. The molecule has 1 amide bonds. The maximum absolute atomic E-state index is 13.0. The number of fused-ring (bicyclic) bond motifs is 1. The van der Waals surface area contributed by atoms with Crippen LogP contribution in [0, 0.1) is 0 Å². The normalized spacial score (nSPS) is 14.4. The van der Waals surface area contributed by atoms with Crippen LogP contribution in [0.4, 0.5) is 18.9 Å². The van der Waals surface area contributed by atoms with Gasteiger partial charge in [0.15, 0.2) is 0 Å². The molecule has 0 saturated carbocycles. The number of benzene rings is 2. The van der Waals surface area contributed by atoms with Gasteiger partial charge in [0.05, 0.1) is 11.1 Å². The summed E-state index contributed by atoms with van der Waals surface area (Å²) in [7, 11) is 1.78. The first-order valence-electron chi connectivity index (χ1n) is 7.59. The van der Waals surface area contributed by atoms with Crippen LogP contribution < -0.4 is 10.4 Å². The number of amides is 1. The lowest BCUT2D eigenvalue weighted by Gasteiger charge is -2.30. The van der Waals surface area contributed by atoms with E-state index < -0.39 is 17.6 Å². The first kappa shape index (κ1) is 16.4. The van der Waals surface area contributed by atoms with Crippen molar-refractivity contribution in [2.75, 3.05) is 11.4 Å². The first-order chi connectivity index (χ1) is 11.3. The molecule has 0 radical (unpaired) electrons. The van der Waals surface area contributed by atoms with E-state index in [4.69, 9.17) is 0 Å². The Balaban J connectivity index is 2.05. The second kappa shape index (κ2) is 5.89. The Kier molecular flexibility index (Phi) is 4.03. The number of hydrogen-bond acceptors (Lipinski definition) is 2. The van der Waals surface area contributed by atoms with Crippen LogP contribution in [0.1, 0.15) is 27.9 Å². The van der Waals surface area contributed by atoms with Crippen LogP contribution in [-0.2, 0) is 12.6 Å². The summed E-state index contributed by atoms with van der Waals surface area (Å²) in [6, 6.07) is 8.10. The summed E-state index contributed by atoms with van der Waals surface area (Å²) >= 11 is 0. The quantitative estimate of drug-likeness (QED) is 0.814. The summed E-state index contributed by atoms with van der Waals surface area (Å²) in [4.78, 5) is 14.1. The number of halogens is 3. The number of hydrogen-bond donors (Lipinski definition) is 1. The first-order valence-corrected chi connectivity index (χ1v) is 7.59. The van der Waals surface area contributed by atoms with Crippen molar-refractivity contribution in [3.05, 3.63) is 53.1 Å². The van der Waals surface area contributed by atoms with Gasteiger partial charge in [-0.1, -0.05) is 23.7 Å². The molecule has 24 heavy (non-hydrogen) atoms. The smallest absolute Gasteiger partial charge is 0.416 e. The van der Waals surface area contributed by atoms with Crippen molar-refractivity contribution in [1.29, 1.82) is 0 Å². The number of carbonyl (C=O) groups is 1. The Morgan fingerprint density at radius 1 is 1.17 bits per heavy atom. The monoisotopic (exact) mass is 333 g/mol. The molecule has 0 spiro atoms. The van der Waals surface area contributed by atoms with E-state index in [-0.39, 0.29) is 17.0 Å². The molecule has 0 unspecified atom stereocenters. The Hall–Kier alpha value is -2.44. The number of anilines is 1. The number of phenolic OH excluding ortho intramolecular Hbond substituents is 1. The number of alkyl halides is 3. The number of aryl methyl sites for hydroxylation is 1. The van der Waals surface area contributed by atoms with Crippen molar-refractivity contribution in [3.63, 3.8) is 0 Å². The average molecular weight is 333 g/mol. The lowest BCUT2D eigenvalue weighted by atomic mass is 9.93. The van der Waals surface area contributed by atoms with Gasteiger partial charge in [-0.05, 0) is 36.6 Å². The highest BCUT2D eigenvalue weighted by Gasteiger charge is 2.33. The molecule has 2 aromatic rings. The molecule has 0 fully saturated rings. The highest BCUT2D eigenvalue weighted by molar-refractivity contribution is 6.33. The second-order valence-corrected chi connectivity index (χ2v) is 5.92. The van der Waals surface area contributed by atoms with Crippen LogP contribution in [-0.4, -0.2) is 25.4 Å². The van der Waals surface area contributed by atoms with Gasteiger partial charge in [-0.25, -0.2) is 0 Å². The fraction of sp³-hybridized carbons (Fsp3) is 0.235. The Morgan fingerprint density at radius 2 is 1.92 bits per heavy atom. The van der Waals surface area contributed by atoms with Crippen LogP contribution in [0.5, 0.6) is 5.75 Å². The number of rotatable bonds is 1. The Bertz CT molecular complexity index is 805. The third-order valence-corrected chi connectivity index (χ3v) is 4.16. The molecule has 0 saturated heterocycles. The SMILES string of the molecule is Bc1ccc(O)c(C(=O)N2CCCc3ccc(C(F)(F)F)cc32)c1. The molecule has 0 bridgehead atoms. The number of aromatic hydroxyl groups is 1. The topological polar surface area (TPSA) is 40.5 Å². The predicted molar refractivity (Wildman–Crippen MR) is 87.7 cm³/mol. The van der Waals surface area contributed by atoms with E-state index >= 15 is 0 Å². The lowest BCUT2D eigenvalue weighted by molar-refractivity contribution is -0.137. The van der Waals surface area contributed by atoms with Crippen molar-refractivity contribution in [2.45, 2.75) is 19.0 Å². The average Bonchev–Trinajstić information content (AvgIpc) is 2.54. The summed E-state index contributed by atoms with van der Waals surface area (Å²) in [6.07, 6.45) is -3.18. The van der Waals surface area contributed by atoms with Crippen molar-refractivity contribution in [2.24, 2.45) is 0 Å². The molecular formula is C17H15BF3NO2. The minimum atomic E-state index is -4.47. The maximum Gasteiger partial charge on any atom is 0.416 e. The summed E-state index contributed by atoms with van der Waals surface area (Å²) in [5.41, 5.74) is 1.07.